The van der Waals surface area contributed by atoms with Crippen molar-refractivity contribution in [3.8, 4) is 11.1 Å². The van der Waals surface area contributed by atoms with Gasteiger partial charge in [0.05, 0.1) is 11.3 Å². The Morgan fingerprint density at radius 3 is 2.80 bits per heavy atom. The molecule has 0 saturated heterocycles. The lowest BCUT2D eigenvalue weighted by Crippen LogP contribution is -2.12. The number of carbonyl (C=O) groups excluding carboxylic acids is 1. The highest BCUT2D eigenvalue weighted by Gasteiger charge is 2.16. The summed E-state index contributed by atoms with van der Waals surface area (Å²) in [4.78, 5) is 24.1. The number of ketones is 1. The van der Waals surface area contributed by atoms with Gasteiger partial charge in [-0.2, -0.15) is 0 Å². The molecule has 6 heteroatoms. The zero-order valence-electron chi connectivity index (χ0n) is 14.1. The summed E-state index contributed by atoms with van der Waals surface area (Å²) in [5, 5.41) is 0.715. The van der Waals surface area contributed by atoms with Crippen molar-refractivity contribution >= 4 is 28.2 Å². The van der Waals surface area contributed by atoms with E-state index >= 15 is 0 Å². The Hall–Kier alpha value is -3.41. The second-order valence-corrected chi connectivity index (χ2v) is 5.74. The summed E-state index contributed by atoms with van der Waals surface area (Å²) in [5.74, 6) is -0.263. The molecule has 0 amide bonds. The summed E-state index contributed by atoms with van der Waals surface area (Å²) >= 11 is 0. The third-order valence-corrected chi connectivity index (χ3v) is 3.97. The molecule has 0 unspecified atom stereocenters. The number of H-pyrrole nitrogens is 1. The van der Waals surface area contributed by atoms with Crippen molar-refractivity contribution in [3.63, 3.8) is 0 Å². The summed E-state index contributed by atoms with van der Waals surface area (Å²) in [6.07, 6.45) is 4.94. The van der Waals surface area contributed by atoms with Crippen molar-refractivity contribution in [3.05, 3.63) is 60.1 Å². The molecule has 0 spiro atoms. The van der Waals surface area contributed by atoms with Gasteiger partial charge in [0, 0.05) is 41.8 Å². The highest BCUT2D eigenvalue weighted by Crippen LogP contribution is 2.26. The first-order chi connectivity index (χ1) is 12.0. The van der Waals surface area contributed by atoms with Gasteiger partial charge in [-0.25, -0.2) is 4.98 Å². The van der Waals surface area contributed by atoms with Gasteiger partial charge in [-0.05, 0) is 36.8 Å². The lowest BCUT2D eigenvalue weighted by molar-refractivity contribution is 0.103. The molecule has 0 aliphatic carbocycles. The number of anilines is 1. The number of pyridine rings is 1. The fraction of sp³-hybridized carbons (Fsp3) is 0.105. The van der Waals surface area contributed by atoms with Crippen LogP contribution in [0.4, 0.5) is 5.69 Å². The molecule has 0 radical (unpaired) electrons. The van der Waals surface area contributed by atoms with Crippen LogP contribution in [0.2, 0.25) is 0 Å². The minimum atomic E-state index is -0.263. The number of Topliss-reactive ketones (excluding diaryl/α,β-unsaturated/α-hetero) is 1. The molecule has 0 saturated carbocycles. The van der Waals surface area contributed by atoms with E-state index in [1.807, 2.05) is 30.3 Å². The van der Waals surface area contributed by atoms with Crippen LogP contribution in [0.3, 0.4) is 0 Å². The maximum Gasteiger partial charge on any atom is 0.210 e. The smallest absolute Gasteiger partial charge is 0.210 e. The molecule has 3 rings (SSSR count). The average molecular weight is 333 g/mol. The van der Waals surface area contributed by atoms with Crippen LogP contribution in [0, 0.1) is 0 Å². The summed E-state index contributed by atoms with van der Waals surface area (Å²) < 4.78 is 0. The van der Waals surface area contributed by atoms with Crippen molar-refractivity contribution in [2.45, 2.75) is 6.92 Å². The van der Waals surface area contributed by atoms with Crippen molar-refractivity contribution < 1.29 is 4.79 Å². The van der Waals surface area contributed by atoms with Crippen LogP contribution in [-0.4, -0.2) is 28.5 Å². The van der Waals surface area contributed by atoms with E-state index in [0.717, 1.165) is 11.1 Å². The first kappa shape index (κ1) is 16.4. The number of aromatic amines is 1. The maximum atomic E-state index is 12.7. The highest BCUT2D eigenvalue weighted by atomic mass is 16.1. The third-order valence-electron chi connectivity index (χ3n) is 3.97. The van der Waals surface area contributed by atoms with Crippen molar-refractivity contribution in [1.82, 2.24) is 9.97 Å². The summed E-state index contributed by atoms with van der Waals surface area (Å²) in [5.41, 5.74) is 16.2. The van der Waals surface area contributed by atoms with Crippen LogP contribution >= 0.6 is 0 Å². The van der Waals surface area contributed by atoms with Gasteiger partial charge in [-0.1, -0.05) is 12.1 Å². The lowest BCUT2D eigenvalue weighted by atomic mass is 10.0. The van der Waals surface area contributed by atoms with E-state index in [0.29, 0.717) is 28.0 Å². The molecule has 0 aliphatic rings. The van der Waals surface area contributed by atoms with Crippen LogP contribution in [0.25, 0.3) is 22.2 Å². The Morgan fingerprint density at radius 2 is 2.08 bits per heavy atom. The molecule has 5 N–H and O–H groups in total. The number of rotatable bonds is 4. The lowest BCUT2D eigenvalue weighted by Gasteiger charge is -2.04. The number of allylic oxidation sites excluding steroid dienone is 2. The second kappa shape index (κ2) is 6.60. The van der Waals surface area contributed by atoms with Crippen LogP contribution in [0.1, 0.15) is 17.3 Å². The van der Waals surface area contributed by atoms with Gasteiger partial charge in [0.15, 0.2) is 0 Å². The normalized spacial score (nSPS) is 12.6. The highest BCUT2D eigenvalue weighted by molar-refractivity contribution is 6.17. The monoisotopic (exact) mass is 333 g/mol. The molecule has 2 aromatic heterocycles. The molecule has 2 heterocycles. The van der Waals surface area contributed by atoms with Crippen molar-refractivity contribution in [1.29, 1.82) is 0 Å². The van der Waals surface area contributed by atoms with Gasteiger partial charge in [0.1, 0.15) is 5.65 Å². The summed E-state index contributed by atoms with van der Waals surface area (Å²) in [6, 6.07) is 9.43. The largest absolute Gasteiger partial charge is 0.399 e. The van der Waals surface area contributed by atoms with Crippen LogP contribution in [0.5, 0.6) is 0 Å². The van der Waals surface area contributed by atoms with Crippen LogP contribution < -0.4 is 11.5 Å². The van der Waals surface area contributed by atoms with Gasteiger partial charge in [-0.3, -0.25) is 9.79 Å². The number of hydrogen-bond acceptors (Lipinski definition) is 5. The first-order valence-corrected chi connectivity index (χ1v) is 7.78. The molecule has 126 valence electrons. The Bertz CT molecular complexity index is 1010. The zero-order valence-corrected chi connectivity index (χ0v) is 14.1. The van der Waals surface area contributed by atoms with E-state index in [-0.39, 0.29) is 11.5 Å². The van der Waals surface area contributed by atoms with Gasteiger partial charge in [0.2, 0.25) is 5.78 Å². The molecule has 0 aliphatic heterocycles. The molecule has 25 heavy (non-hydrogen) atoms. The maximum absolute atomic E-state index is 12.7. The molecular weight excluding hydrogens is 314 g/mol. The number of nitrogens with two attached hydrogens (primary N) is 2. The number of aromatic nitrogens is 2. The van der Waals surface area contributed by atoms with Crippen molar-refractivity contribution in [2.24, 2.45) is 10.7 Å². The van der Waals surface area contributed by atoms with E-state index in [4.69, 9.17) is 11.5 Å². The quantitative estimate of drug-likeness (QED) is 0.295. The number of nitrogens with one attached hydrogen (secondary N) is 1. The van der Waals surface area contributed by atoms with E-state index in [1.54, 1.807) is 32.4 Å². The number of carbonyl (C=O) groups is 1. The Balaban J connectivity index is 2.07. The Morgan fingerprint density at radius 1 is 1.28 bits per heavy atom. The molecule has 6 nitrogen and oxygen atoms in total. The van der Waals surface area contributed by atoms with Crippen LogP contribution in [0.15, 0.2) is 59.5 Å². The number of benzene rings is 1. The fourth-order valence-corrected chi connectivity index (χ4v) is 2.58. The molecule has 0 bridgehead atoms. The SMILES string of the molecule is CN=C(C)C=C(N)C(=O)c1c[nH]c2ncc(-c3cccc(N)c3)cc12. The Kier molecular flexibility index (Phi) is 4.35. The first-order valence-electron chi connectivity index (χ1n) is 7.78. The minimum absolute atomic E-state index is 0.137. The predicted molar refractivity (Wildman–Crippen MR) is 102 cm³/mol. The van der Waals surface area contributed by atoms with E-state index < -0.39 is 0 Å². The number of nitrogens with zero attached hydrogens (tertiary/aromatic N) is 2. The molecule has 1 aromatic carbocycles. The minimum Gasteiger partial charge on any atom is -0.399 e. The van der Waals surface area contributed by atoms with E-state index in [9.17, 15) is 4.79 Å². The summed E-state index contributed by atoms with van der Waals surface area (Å²) in [7, 11) is 1.65. The average Bonchev–Trinajstić information content (AvgIpc) is 3.03. The van der Waals surface area contributed by atoms with Gasteiger partial charge in [-0.15, -0.1) is 0 Å². The molecule has 0 atom stereocenters. The molecular formula is C19H19N5O. The Labute approximate surface area is 145 Å². The van der Waals surface area contributed by atoms with Gasteiger partial charge < -0.3 is 16.5 Å². The number of nitrogen functional groups attached to an aromatic ring is 1. The van der Waals surface area contributed by atoms with E-state index in [2.05, 4.69) is 15.0 Å². The fourth-order valence-electron chi connectivity index (χ4n) is 2.58. The number of fused-ring (bicyclic) bond motifs is 1. The summed E-state index contributed by atoms with van der Waals surface area (Å²) in [6.45, 7) is 1.79. The predicted octanol–water partition coefficient (Wildman–Crippen LogP) is 2.93. The van der Waals surface area contributed by atoms with E-state index in [1.165, 1.54) is 0 Å². The molecule has 0 fully saturated rings. The van der Waals surface area contributed by atoms with Gasteiger partial charge in [0.25, 0.3) is 0 Å². The third kappa shape index (κ3) is 3.28. The van der Waals surface area contributed by atoms with Gasteiger partial charge >= 0.3 is 0 Å². The van der Waals surface area contributed by atoms with Crippen molar-refractivity contribution in [2.75, 3.05) is 12.8 Å². The number of aliphatic imine (C=N–C) groups is 1. The standard InChI is InChI=1S/C19H19N5O/c1-11(22-2)6-17(21)18(25)16-10-24-19-15(16)8-13(9-23-19)12-4-3-5-14(20)7-12/h3-10H,20-21H2,1-2H3,(H,23,24). The molecule has 3 aromatic rings. The topological polar surface area (TPSA) is 110 Å². The van der Waals surface area contributed by atoms with Crippen LogP contribution in [-0.2, 0) is 0 Å². The second-order valence-electron chi connectivity index (χ2n) is 5.74. The number of hydrogen-bond donors (Lipinski definition) is 3. The zero-order chi connectivity index (χ0) is 18.0.